The molecule has 9 nitrogen and oxygen atoms in total. The molecule has 146 valence electrons. The second-order valence-corrected chi connectivity index (χ2v) is 5.81. The van der Waals surface area contributed by atoms with Crippen molar-refractivity contribution in [1.29, 1.82) is 0 Å². The van der Waals surface area contributed by atoms with E-state index in [-0.39, 0.29) is 22.8 Å². The normalized spacial score (nSPS) is 11.2. The van der Waals surface area contributed by atoms with Crippen molar-refractivity contribution in [3.63, 3.8) is 0 Å². The van der Waals surface area contributed by atoms with Crippen LogP contribution in [0.1, 0.15) is 34.6 Å². The molecule has 28 heavy (non-hydrogen) atoms. The standard InChI is InChI=1S/C19H18N2O7/c1-11(22)13-4-6-14(7-5-13)20-18(23)12(2)28-19(24)16-10-15(21(25)26)8-9-17(16)27-3/h4-10,12H,1-3H3,(H,20,23)/t12-/m1/s1. The van der Waals surface area contributed by atoms with E-state index in [2.05, 4.69) is 5.32 Å². The number of nitro benzene ring substituents is 1. The van der Waals surface area contributed by atoms with Crippen molar-refractivity contribution in [2.45, 2.75) is 20.0 Å². The highest BCUT2D eigenvalue weighted by atomic mass is 16.6. The van der Waals surface area contributed by atoms with Crippen molar-refractivity contribution < 1.29 is 28.8 Å². The fraction of sp³-hybridized carbons (Fsp3) is 0.211. The van der Waals surface area contributed by atoms with E-state index in [0.717, 1.165) is 6.07 Å². The summed E-state index contributed by atoms with van der Waals surface area (Å²) < 4.78 is 10.1. The first-order chi connectivity index (χ1) is 13.2. The second kappa shape index (κ2) is 8.76. The van der Waals surface area contributed by atoms with E-state index < -0.39 is 22.9 Å². The number of nitrogens with one attached hydrogen (secondary N) is 1. The van der Waals surface area contributed by atoms with Gasteiger partial charge >= 0.3 is 5.97 Å². The van der Waals surface area contributed by atoms with E-state index in [1.54, 1.807) is 24.3 Å². The first-order valence-corrected chi connectivity index (χ1v) is 8.18. The Balaban J connectivity index is 2.09. The molecular weight excluding hydrogens is 368 g/mol. The van der Waals surface area contributed by atoms with Gasteiger partial charge in [0.2, 0.25) is 0 Å². The molecular formula is C19H18N2O7. The number of hydrogen-bond donors (Lipinski definition) is 1. The molecule has 0 unspecified atom stereocenters. The smallest absolute Gasteiger partial charge is 0.342 e. The quantitative estimate of drug-likeness (QED) is 0.336. The maximum absolute atomic E-state index is 12.3. The predicted octanol–water partition coefficient (Wildman–Crippen LogP) is 2.99. The Labute approximate surface area is 160 Å². The maximum atomic E-state index is 12.3. The molecule has 0 saturated carbocycles. The molecule has 0 fully saturated rings. The largest absolute Gasteiger partial charge is 0.496 e. The molecule has 2 aromatic rings. The fourth-order valence-corrected chi connectivity index (χ4v) is 2.28. The summed E-state index contributed by atoms with van der Waals surface area (Å²) in [6, 6.07) is 9.70. The topological polar surface area (TPSA) is 125 Å². The Bertz CT molecular complexity index is 922. The highest BCUT2D eigenvalue weighted by molar-refractivity contribution is 5.99. The van der Waals surface area contributed by atoms with Crippen molar-refractivity contribution in [3.05, 3.63) is 63.7 Å². The lowest BCUT2D eigenvalue weighted by molar-refractivity contribution is -0.384. The first kappa shape index (κ1) is 20.6. The number of methoxy groups -OCH3 is 1. The number of ketones is 1. The Kier molecular flexibility index (Phi) is 6.43. The number of nitro groups is 1. The average Bonchev–Trinajstić information content (AvgIpc) is 2.67. The lowest BCUT2D eigenvalue weighted by Crippen LogP contribution is -2.30. The first-order valence-electron chi connectivity index (χ1n) is 8.18. The number of Topliss-reactive ketones (excluding diaryl/α,β-unsaturated/α-hetero) is 1. The van der Waals surface area contributed by atoms with E-state index >= 15 is 0 Å². The average molecular weight is 386 g/mol. The maximum Gasteiger partial charge on any atom is 0.342 e. The van der Waals surface area contributed by atoms with Crippen LogP contribution >= 0.6 is 0 Å². The SMILES string of the molecule is COc1ccc([N+](=O)[O-])cc1C(=O)O[C@H](C)C(=O)Nc1ccc(C(C)=O)cc1. The van der Waals surface area contributed by atoms with Gasteiger partial charge in [-0.2, -0.15) is 0 Å². The van der Waals surface area contributed by atoms with Crippen LogP contribution in [0, 0.1) is 10.1 Å². The molecule has 2 aromatic carbocycles. The lowest BCUT2D eigenvalue weighted by atomic mass is 10.1. The van der Waals surface area contributed by atoms with Crippen molar-refractivity contribution in [2.75, 3.05) is 12.4 Å². The zero-order valence-electron chi connectivity index (χ0n) is 15.4. The van der Waals surface area contributed by atoms with Crippen LogP contribution in [0.5, 0.6) is 5.75 Å². The molecule has 0 radical (unpaired) electrons. The number of benzene rings is 2. The lowest BCUT2D eigenvalue weighted by Gasteiger charge is -2.15. The highest BCUT2D eigenvalue weighted by Gasteiger charge is 2.23. The molecule has 0 saturated heterocycles. The van der Waals surface area contributed by atoms with E-state index in [4.69, 9.17) is 9.47 Å². The van der Waals surface area contributed by atoms with E-state index in [9.17, 15) is 24.5 Å². The van der Waals surface area contributed by atoms with Gasteiger partial charge in [-0.25, -0.2) is 4.79 Å². The summed E-state index contributed by atoms with van der Waals surface area (Å²) in [7, 11) is 1.30. The molecule has 9 heteroatoms. The number of amides is 1. The molecule has 0 aromatic heterocycles. The third-order valence-electron chi connectivity index (χ3n) is 3.83. The summed E-state index contributed by atoms with van der Waals surface area (Å²) in [6.45, 7) is 2.79. The summed E-state index contributed by atoms with van der Waals surface area (Å²) in [4.78, 5) is 46.1. The van der Waals surface area contributed by atoms with Gasteiger partial charge in [0, 0.05) is 23.4 Å². The summed E-state index contributed by atoms with van der Waals surface area (Å²) in [6.07, 6.45) is -1.18. The van der Waals surface area contributed by atoms with Gasteiger partial charge in [0.15, 0.2) is 11.9 Å². The monoisotopic (exact) mass is 386 g/mol. The third-order valence-corrected chi connectivity index (χ3v) is 3.83. The van der Waals surface area contributed by atoms with Crippen LogP contribution in [0.2, 0.25) is 0 Å². The number of rotatable bonds is 7. The number of hydrogen-bond acceptors (Lipinski definition) is 7. The van der Waals surface area contributed by atoms with Crippen LogP contribution in [0.15, 0.2) is 42.5 Å². The van der Waals surface area contributed by atoms with Crippen molar-refractivity contribution in [1.82, 2.24) is 0 Å². The van der Waals surface area contributed by atoms with Gasteiger partial charge in [0.05, 0.1) is 12.0 Å². The van der Waals surface area contributed by atoms with Gasteiger partial charge in [0.1, 0.15) is 11.3 Å². The van der Waals surface area contributed by atoms with Gasteiger partial charge in [0.25, 0.3) is 11.6 Å². The van der Waals surface area contributed by atoms with Gasteiger partial charge in [-0.15, -0.1) is 0 Å². The summed E-state index contributed by atoms with van der Waals surface area (Å²) in [5.41, 5.74) is 0.443. The van der Waals surface area contributed by atoms with Crippen LogP contribution in [0.3, 0.4) is 0 Å². The molecule has 1 N–H and O–H groups in total. The van der Waals surface area contributed by atoms with Gasteiger partial charge in [-0.3, -0.25) is 19.7 Å². The van der Waals surface area contributed by atoms with Gasteiger partial charge in [-0.05, 0) is 44.2 Å². The van der Waals surface area contributed by atoms with Crippen LogP contribution < -0.4 is 10.1 Å². The van der Waals surface area contributed by atoms with Crippen molar-refractivity contribution in [3.8, 4) is 5.75 Å². The number of esters is 1. The Hall–Kier alpha value is -3.75. The molecule has 0 aliphatic carbocycles. The van der Waals surface area contributed by atoms with Crippen molar-refractivity contribution >= 4 is 29.0 Å². The van der Waals surface area contributed by atoms with E-state index in [1.807, 2.05) is 0 Å². The molecule has 0 aliphatic heterocycles. The number of carbonyl (C=O) groups excluding carboxylic acids is 3. The fourth-order valence-electron chi connectivity index (χ4n) is 2.28. The molecule has 0 aliphatic rings. The Morgan fingerprint density at radius 2 is 1.75 bits per heavy atom. The van der Waals surface area contributed by atoms with Gasteiger partial charge < -0.3 is 14.8 Å². The zero-order chi connectivity index (χ0) is 20.8. The summed E-state index contributed by atoms with van der Waals surface area (Å²) in [5, 5.41) is 13.5. The summed E-state index contributed by atoms with van der Waals surface area (Å²) in [5.74, 6) is -1.56. The number of non-ortho nitro benzene ring substituents is 1. The minimum Gasteiger partial charge on any atom is -0.496 e. The molecule has 0 bridgehead atoms. The second-order valence-electron chi connectivity index (χ2n) is 5.81. The number of nitrogens with zero attached hydrogens (tertiary/aromatic N) is 1. The van der Waals surface area contributed by atoms with E-state index in [1.165, 1.54) is 33.1 Å². The minimum atomic E-state index is -1.18. The van der Waals surface area contributed by atoms with Crippen molar-refractivity contribution in [2.24, 2.45) is 0 Å². The zero-order valence-corrected chi connectivity index (χ0v) is 15.4. The van der Waals surface area contributed by atoms with Crippen LogP contribution in [-0.2, 0) is 9.53 Å². The highest BCUT2D eigenvalue weighted by Crippen LogP contribution is 2.25. The summed E-state index contributed by atoms with van der Waals surface area (Å²) >= 11 is 0. The van der Waals surface area contributed by atoms with E-state index in [0.29, 0.717) is 11.3 Å². The third kappa shape index (κ3) is 4.91. The minimum absolute atomic E-state index is 0.0861. The number of ether oxygens (including phenoxy) is 2. The molecule has 2 rings (SSSR count). The molecule has 1 atom stereocenters. The number of anilines is 1. The molecule has 0 spiro atoms. The van der Waals surface area contributed by atoms with Gasteiger partial charge in [-0.1, -0.05) is 0 Å². The molecule has 1 amide bonds. The number of carbonyl (C=O) groups is 3. The van der Waals surface area contributed by atoms with Crippen LogP contribution in [-0.4, -0.2) is 35.8 Å². The Morgan fingerprint density at radius 3 is 2.29 bits per heavy atom. The predicted molar refractivity (Wildman–Crippen MR) is 99.6 cm³/mol. The Morgan fingerprint density at radius 1 is 1.11 bits per heavy atom. The molecule has 0 heterocycles. The van der Waals surface area contributed by atoms with Crippen LogP contribution in [0.4, 0.5) is 11.4 Å². The van der Waals surface area contributed by atoms with Crippen LogP contribution in [0.25, 0.3) is 0 Å².